The summed E-state index contributed by atoms with van der Waals surface area (Å²) in [5, 5.41) is 3.70. The number of ether oxygens (including phenoxy) is 1. The van der Waals surface area contributed by atoms with Crippen LogP contribution in [0.1, 0.15) is 52.1 Å². The Morgan fingerprint density at radius 2 is 1.76 bits per heavy atom. The molecule has 21 heavy (non-hydrogen) atoms. The van der Waals surface area contributed by atoms with Crippen molar-refractivity contribution in [3.05, 3.63) is 29.8 Å². The van der Waals surface area contributed by atoms with Crippen molar-refractivity contribution in [3.63, 3.8) is 0 Å². The number of nitrogens with zero attached hydrogens (tertiary/aromatic N) is 1. The molecule has 0 aliphatic carbocycles. The van der Waals surface area contributed by atoms with Crippen LogP contribution < -0.4 is 10.1 Å². The number of methoxy groups -OCH3 is 1. The lowest BCUT2D eigenvalue weighted by Gasteiger charge is -2.36. The molecule has 0 heterocycles. The first-order chi connectivity index (χ1) is 10.0. The molecule has 0 bridgehead atoms. The van der Waals surface area contributed by atoms with Crippen LogP contribution in [0.3, 0.4) is 0 Å². The standard InChI is InChI=1S/C18H32N2O/c1-7-13-19-18(15(4)20(5)14(3)8-2)16-9-11-17(21-6)12-10-16/h9-12,14-15,18-19H,7-8,13H2,1-6H3. The Labute approximate surface area is 130 Å². The van der Waals surface area contributed by atoms with E-state index in [1.807, 2.05) is 12.1 Å². The lowest BCUT2D eigenvalue weighted by molar-refractivity contribution is 0.155. The molecule has 1 aromatic rings. The molecule has 1 rings (SSSR count). The van der Waals surface area contributed by atoms with Gasteiger partial charge in [-0.1, -0.05) is 26.0 Å². The predicted molar refractivity (Wildman–Crippen MR) is 91.0 cm³/mol. The molecule has 3 unspecified atom stereocenters. The van der Waals surface area contributed by atoms with Gasteiger partial charge in [0, 0.05) is 18.1 Å². The Balaban J connectivity index is 2.92. The molecule has 0 aliphatic heterocycles. The molecule has 120 valence electrons. The minimum absolute atomic E-state index is 0.342. The molecule has 1 aromatic carbocycles. The van der Waals surface area contributed by atoms with E-state index in [0.717, 1.165) is 18.7 Å². The van der Waals surface area contributed by atoms with Gasteiger partial charge in [0.15, 0.2) is 0 Å². The van der Waals surface area contributed by atoms with E-state index >= 15 is 0 Å². The number of likely N-dealkylation sites (N-methyl/N-ethyl adjacent to an activating group) is 1. The fourth-order valence-electron chi connectivity index (χ4n) is 2.60. The van der Waals surface area contributed by atoms with E-state index in [2.05, 4.69) is 57.1 Å². The van der Waals surface area contributed by atoms with Gasteiger partial charge in [0.2, 0.25) is 0 Å². The largest absolute Gasteiger partial charge is 0.497 e. The molecule has 0 radical (unpaired) electrons. The van der Waals surface area contributed by atoms with Gasteiger partial charge >= 0.3 is 0 Å². The summed E-state index contributed by atoms with van der Waals surface area (Å²) in [6, 6.07) is 9.82. The van der Waals surface area contributed by atoms with E-state index in [1.54, 1.807) is 7.11 Å². The van der Waals surface area contributed by atoms with Gasteiger partial charge in [0.25, 0.3) is 0 Å². The lowest BCUT2D eigenvalue weighted by Crippen LogP contribution is -2.45. The summed E-state index contributed by atoms with van der Waals surface area (Å²) >= 11 is 0. The van der Waals surface area contributed by atoms with Crippen LogP contribution in [0.15, 0.2) is 24.3 Å². The van der Waals surface area contributed by atoms with E-state index < -0.39 is 0 Å². The second kappa shape index (κ2) is 9.06. The lowest BCUT2D eigenvalue weighted by atomic mass is 9.97. The summed E-state index contributed by atoms with van der Waals surface area (Å²) in [6.45, 7) is 10.1. The van der Waals surface area contributed by atoms with Crippen molar-refractivity contribution in [3.8, 4) is 5.75 Å². The van der Waals surface area contributed by atoms with E-state index in [1.165, 1.54) is 12.0 Å². The minimum atomic E-state index is 0.342. The van der Waals surface area contributed by atoms with Crippen LogP contribution in [0, 0.1) is 0 Å². The van der Waals surface area contributed by atoms with E-state index in [9.17, 15) is 0 Å². The van der Waals surface area contributed by atoms with Crippen LogP contribution in [0.25, 0.3) is 0 Å². The van der Waals surface area contributed by atoms with E-state index in [-0.39, 0.29) is 0 Å². The maximum atomic E-state index is 5.26. The van der Waals surface area contributed by atoms with Gasteiger partial charge in [-0.2, -0.15) is 0 Å². The maximum absolute atomic E-state index is 5.26. The topological polar surface area (TPSA) is 24.5 Å². The van der Waals surface area contributed by atoms with Crippen LogP contribution in [-0.2, 0) is 0 Å². The Morgan fingerprint density at radius 1 is 1.14 bits per heavy atom. The van der Waals surface area contributed by atoms with E-state index in [4.69, 9.17) is 4.74 Å². The summed E-state index contributed by atoms with van der Waals surface area (Å²) in [6.07, 6.45) is 2.32. The molecule has 0 spiro atoms. The fourth-order valence-corrected chi connectivity index (χ4v) is 2.60. The number of benzene rings is 1. The number of hydrogen-bond donors (Lipinski definition) is 1. The number of hydrogen-bond acceptors (Lipinski definition) is 3. The third-order valence-corrected chi connectivity index (χ3v) is 4.50. The second-order valence-corrected chi connectivity index (χ2v) is 5.87. The molecule has 0 saturated heterocycles. The molecule has 3 heteroatoms. The summed E-state index contributed by atoms with van der Waals surface area (Å²) in [7, 11) is 3.93. The Kier molecular flexibility index (Phi) is 7.76. The van der Waals surface area contributed by atoms with Crippen molar-refractivity contribution in [1.82, 2.24) is 10.2 Å². The fraction of sp³-hybridized carbons (Fsp3) is 0.667. The van der Waals surface area contributed by atoms with Crippen molar-refractivity contribution >= 4 is 0 Å². The quantitative estimate of drug-likeness (QED) is 0.748. The average Bonchev–Trinajstić information content (AvgIpc) is 2.54. The number of nitrogens with one attached hydrogen (secondary N) is 1. The van der Waals surface area contributed by atoms with Crippen LogP contribution in [0.4, 0.5) is 0 Å². The van der Waals surface area contributed by atoms with Crippen LogP contribution in [-0.4, -0.2) is 37.7 Å². The first kappa shape index (κ1) is 18.0. The average molecular weight is 292 g/mol. The Morgan fingerprint density at radius 3 is 2.24 bits per heavy atom. The third kappa shape index (κ3) is 5.01. The summed E-state index contributed by atoms with van der Waals surface area (Å²) in [5.41, 5.74) is 1.33. The molecule has 0 aromatic heterocycles. The van der Waals surface area contributed by atoms with Crippen molar-refractivity contribution in [2.75, 3.05) is 20.7 Å². The molecule has 0 saturated carbocycles. The molecule has 3 atom stereocenters. The summed E-state index contributed by atoms with van der Waals surface area (Å²) in [4.78, 5) is 2.47. The first-order valence-corrected chi connectivity index (χ1v) is 8.14. The maximum Gasteiger partial charge on any atom is 0.118 e. The van der Waals surface area contributed by atoms with Crippen molar-refractivity contribution in [1.29, 1.82) is 0 Å². The normalized spacial score (nSPS) is 15.8. The molecule has 0 fully saturated rings. The predicted octanol–water partition coefficient (Wildman–Crippen LogP) is 3.85. The van der Waals surface area contributed by atoms with Crippen LogP contribution >= 0.6 is 0 Å². The zero-order chi connectivity index (χ0) is 15.8. The SMILES string of the molecule is CCCNC(c1ccc(OC)cc1)C(C)N(C)C(C)CC. The van der Waals surface area contributed by atoms with Crippen molar-refractivity contribution in [2.24, 2.45) is 0 Å². The molecular weight excluding hydrogens is 260 g/mol. The van der Waals surface area contributed by atoms with Gasteiger partial charge in [-0.3, -0.25) is 4.90 Å². The van der Waals surface area contributed by atoms with Gasteiger partial charge in [-0.05, 0) is 58.0 Å². The highest BCUT2D eigenvalue weighted by atomic mass is 16.5. The van der Waals surface area contributed by atoms with Gasteiger partial charge < -0.3 is 10.1 Å². The first-order valence-electron chi connectivity index (χ1n) is 8.14. The van der Waals surface area contributed by atoms with Crippen LogP contribution in [0.2, 0.25) is 0 Å². The van der Waals surface area contributed by atoms with Crippen molar-refractivity contribution in [2.45, 2.75) is 58.7 Å². The molecule has 1 N–H and O–H groups in total. The Bertz CT molecular complexity index is 391. The summed E-state index contributed by atoms with van der Waals surface area (Å²) in [5.74, 6) is 0.913. The molecule has 0 amide bonds. The van der Waals surface area contributed by atoms with E-state index in [0.29, 0.717) is 18.1 Å². The molecule has 0 aliphatic rings. The van der Waals surface area contributed by atoms with Crippen LogP contribution in [0.5, 0.6) is 5.75 Å². The zero-order valence-electron chi connectivity index (χ0n) is 14.5. The molecular formula is C18H32N2O. The Hall–Kier alpha value is -1.06. The van der Waals surface area contributed by atoms with Gasteiger partial charge in [0.1, 0.15) is 5.75 Å². The van der Waals surface area contributed by atoms with Gasteiger partial charge in [0.05, 0.1) is 7.11 Å². The zero-order valence-corrected chi connectivity index (χ0v) is 14.5. The third-order valence-electron chi connectivity index (χ3n) is 4.50. The van der Waals surface area contributed by atoms with Gasteiger partial charge in [-0.15, -0.1) is 0 Å². The monoisotopic (exact) mass is 292 g/mol. The smallest absolute Gasteiger partial charge is 0.118 e. The second-order valence-electron chi connectivity index (χ2n) is 5.87. The highest BCUT2D eigenvalue weighted by Gasteiger charge is 2.24. The van der Waals surface area contributed by atoms with Gasteiger partial charge in [-0.25, -0.2) is 0 Å². The molecule has 3 nitrogen and oxygen atoms in total. The summed E-state index contributed by atoms with van der Waals surface area (Å²) < 4.78 is 5.26. The minimum Gasteiger partial charge on any atom is -0.497 e. The highest BCUT2D eigenvalue weighted by Crippen LogP contribution is 2.24. The number of rotatable bonds is 9. The highest BCUT2D eigenvalue weighted by molar-refractivity contribution is 5.29. The van der Waals surface area contributed by atoms with Crippen molar-refractivity contribution < 1.29 is 4.74 Å².